The molecule has 2 saturated carbocycles. The molecule has 46 heavy (non-hydrogen) atoms. The fourth-order valence-corrected chi connectivity index (χ4v) is 8.69. The first-order valence-electron chi connectivity index (χ1n) is 17.1. The predicted molar refractivity (Wildman–Crippen MR) is 172 cm³/mol. The van der Waals surface area contributed by atoms with Crippen molar-refractivity contribution in [2.24, 2.45) is 22.1 Å². The maximum atomic E-state index is 13.4. The van der Waals surface area contributed by atoms with Crippen LogP contribution in [0.15, 0.2) is 10.2 Å². The van der Waals surface area contributed by atoms with Crippen molar-refractivity contribution < 1.29 is 28.7 Å². The number of halogens is 1. The van der Waals surface area contributed by atoms with Gasteiger partial charge in [0, 0.05) is 58.7 Å². The summed E-state index contributed by atoms with van der Waals surface area (Å²) < 4.78 is 11.4. The van der Waals surface area contributed by atoms with Crippen molar-refractivity contribution in [1.82, 2.24) is 25.8 Å². The molecule has 5 aliphatic rings. The lowest BCUT2D eigenvalue weighted by Gasteiger charge is -2.60. The standard InChI is InChI=1S/C32H52ClN7O6/c1-21(41)32(30(44)36-31(32)20-26(45-2)25(33)19-27(31)46-3)38-37-24-17-22(28(42)34-8-14-39-10-4-5-11-39)16-23(18-24)29(43)35-9-15-40-12-6-7-13-40/h22-27H,4-20H2,1-3H3,(H,34,42)(H,35,43)(H,36,44). The summed E-state index contributed by atoms with van der Waals surface area (Å²) in [6, 6.07) is -0.525. The first-order chi connectivity index (χ1) is 22.1. The van der Waals surface area contributed by atoms with E-state index in [1.807, 2.05) is 0 Å². The van der Waals surface area contributed by atoms with Crippen molar-refractivity contribution in [2.45, 2.75) is 99.4 Å². The number of ether oxygens (including phenoxy) is 2. The molecule has 0 aromatic carbocycles. The van der Waals surface area contributed by atoms with Crippen LogP contribution in [-0.4, -0.2) is 135 Å². The lowest BCUT2D eigenvalue weighted by Crippen LogP contribution is -2.88. The minimum absolute atomic E-state index is 0.101. The number of rotatable bonds is 13. The molecule has 7 atom stereocenters. The Morgan fingerprint density at radius 1 is 0.891 bits per heavy atom. The number of nitrogens with one attached hydrogen (secondary N) is 3. The van der Waals surface area contributed by atoms with Crippen LogP contribution in [0.4, 0.5) is 0 Å². The number of β-lactam (4-membered cyclic amide) rings is 1. The smallest absolute Gasteiger partial charge is 0.260 e. The van der Waals surface area contributed by atoms with E-state index in [2.05, 4.69) is 36.0 Å². The van der Waals surface area contributed by atoms with Crippen LogP contribution >= 0.6 is 11.6 Å². The van der Waals surface area contributed by atoms with Gasteiger partial charge in [-0.3, -0.25) is 19.2 Å². The van der Waals surface area contributed by atoms with E-state index >= 15 is 0 Å². The summed E-state index contributed by atoms with van der Waals surface area (Å²) in [6.07, 6.45) is 5.46. The molecule has 3 N–H and O–H groups in total. The number of amides is 3. The Bertz CT molecular complexity index is 1100. The van der Waals surface area contributed by atoms with Gasteiger partial charge in [-0.2, -0.15) is 10.2 Å². The molecule has 13 nitrogen and oxygen atoms in total. The number of azo groups is 1. The Balaban J connectivity index is 1.33. The first kappa shape index (κ1) is 35.1. The number of nitrogens with zero attached hydrogens (tertiary/aromatic N) is 4. The molecule has 0 radical (unpaired) electrons. The molecular formula is C32H52ClN7O6. The van der Waals surface area contributed by atoms with Gasteiger partial charge in [-0.15, -0.1) is 11.6 Å². The number of hydrogen-bond acceptors (Lipinski definition) is 10. The molecule has 0 bridgehead atoms. The van der Waals surface area contributed by atoms with Gasteiger partial charge >= 0.3 is 0 Å². The highest BCUT2D eigenvalue weighted by atomic mass is 35.5. The number of methoxy groups -OCH3 is 2. The molecule has 5 fully saturated rings. The fourth-order valence-electron chi connectivity index (χ4n) is 8.33. The molecule has 14 heteroatoms. The Morgan fingerprint density at radius 2 is 1.43 bits per heavy atom. The third kappa shape index (κ3) is 7.13. The highest BCUT2D eigenvalue weighted by Crippen LogP contribution is 2.49. The van der Waals surface area contributed by atoms with Gasteiger partial charge in [0.05, 0.1) is 23.6 Å². The molecule has 0 aromatic rings. The molecule has 1 spiro atoms. The number of alkyl halides is 1. The zero-order valence-electron chi connectivity index (χ0n) is 27.6. The highest BCUT2D eigenvalue weighted by molar-refractivity contribution is 6.21. The second-order valence-electron chi connectivity index (χ2n) is 13.8. The first-order valence-corrected chi connectivity index (χ1v) is 17.5. The van der Waals surface area contributed by atoms with E-state index < -0.39 is 52.9 Å². The zero-order valence-corrected chi connectivity index (χ0v) is 28.4. The molecule has 258 valence electrons. The van der Waals surface area contributed by atoms with Gasteiger partial charge in [0.1, 0.15) is 5.54 Å². The minimum Gasteiger partial charge on any atom is -0.380 e. The number of ketones is 1. The molecule has 3 aliphatic heterocycles. The van der Waals surface area contributed by atoms with Crippen LogP contribution in [0.3, 0.4) is 0 Å². The van der Waals surface area contributed by atoms with E-state index in [0.717, 1.165) is 39.3 Å². The van der Waals surface area contributed by atoms with Gasteiger partial charge in [0.15, 0.2) is 5.78 Å². The molecule has 7 unspecified atom stereocenters. The van der Waals surface area contributed by atoms with Crippen LogP contribution in [0.1, 0.15) is 64.7 Å². The quantitative estimate of drug-likeness (QED) is 0.115. The third-order valence-corrected chi connectivity index (χ3v) is 11.4. The van der Waals surface area contributed by atoms with E-state index in [1.165, 1.54) is 39.7 Å². The van der Waals surface area contributed by atoms with E-state index in [0.29, 0.717) is 38.8 Å². The van der Waals surface area contributed by atoms with Gasteiger partial charge in [-0.1, -0.05) is 0 Å². The van der Waals surface area contributed by atoms with E-state index in [4.69, 9.17) is 21.1 Å². The highest BCUT2D eigenvalue weighted by Gasteiger charge is 2.75. The van der Waals surface area contributed by atoms with Crippen LogP contribution < -0.4 is 16.0 Å². The summed E-state index contributed by atoms with van der Waals surface area (Å²) in [7, 11) is 3.07. The van der Waals surface area contributed by atoms with Crippen LogP contribution in [0.2, 0.25) is 0 Å². The molecule has 0 aromatic heterocycles. The lowest BCUT2D eigenvalue weighted by atomic mass is 9.58. The summed E-state index contributed by atoms with van der Waals surface area (Å²) in [4.78, 5) is 58.2. The molecule has 5 rings (SSSR count). The molecule has 3 heterocycles. The van der Waals surface area contributed by atoms with E-state index in [1.54, 1.807) is 7.11 Å². The average molecular weight is 666 g/mol. The fraction of sp³-hybridized carbons (Fsp3) is 0.875. The van der Waals surface area contributed by atoms with Gasteiger partial charge in [-0.25, -0.2) is 0 Å². The van der Waals surface area contributed by atoms with Crippen molar-refractivity contribution in [3.8, 4) is 0 Å². The molecular weight excluding hydrogens is 614 g/mol. The number of carbonyl (C=O) groups excluding carboxylic acids is 4. The summed E-state index contributed by atoms with van der Waals surface area (Å²) in [5.41, 5.74) is -2.99. The summed E-state index contributed by atoms with van der Waals surface area (Å²) in [6.45, 7) is 8.23. The summed E-state index contributed by atoms with van der Waals surface area (Å²) in [5.74, 6) is -2.09. The molecule has 2 aliphatic carbocycles. The molecule has 3 amide bonds. The van der Waals surface area contributed by atoms with Crippen molar-refractivity contribution >= 4 is 35.1 Å². The minimum atomic E-state index is -1.82. The Morgan fingerprint density at radius 3 is 1.89 bits per heavy atom. The second kappa shape index (κ2) is 15.4. The van der Waals surface area contributed by atoms with Gasteiger partial charge in [-0.05, 0) is 84.5 Å². The Labute approximate surface area is 277 Å². The lowest BCUT2D eigenvalue weighted by molar-refractivity contribution is -0.173. The Hall–Kier alpha value is -2.19. The number of likely N-dealkylation sites (tertiary alicyclic amines) is 2. The maximum absolute atomic E-state index is 13.4. The molecule has 3 saturated heterocycles. The van der Waals surface area contributed by atoms with Crippen molar-refractivity contribution in [3.63, 3.8) is 0 Å². The summed E-state index contributed by atoms with van der Waals surface area (Å²) in [5, 5.41) is 17.9. The van der Waals surface area contributed by atoms with Crippen molar-refractivity contribution in [1.29, 1.82) is 0 Å². The van der Waals surface area contributed by atoms with Gasteiger partial charge < -0.3 is 35.2 Å². The van der Waals surface area contributed by atoms with E-state index in [9.17, 15) is 19.2 Å². The van der Waals surface area contributed by atoms with Gasteiger partial charge in [0.2, 0.25) is 17.4 Å². The SMILES string of the molecule is COC1CC2(NC(=O)C2(N=NC2CC(C(=O)NCCN3CCCC3)CC(C(=O)NCCN3CCCC3)C2)C(C)=O)C(OC)CC1Cl. The summed E-state index contributed by atoms with van der Waals surface area (Å²) >= 11 is 6.57. The number of carbonyl (C=O) groups is 4. The zero-order chi connectivity index (χ0) is 32.9. The predicted octanol–water partition coefficient (Wildman–Crippen LogP) is 1.28. The maximum Gasteiger partial charge on any atom is 0.260 e. The van der Waals surface area contributed by atoms with Gasteiger partial charge in [0.25, 0.3) is 5.91 Å². The average Bonchev–Trinajstić information content (AvgIpc) is 3.76. The third-order valence-electron chi connectivity index (χ3n) is 11.0. The van der Waals surface area contributed by atoms with E-state index in [-0.39, 0.29) is 23.6 Å². The van der Waals surface area contributed by atoms with Crippen LogP contribution in [0.25, 0.3) is 0 Å². The Kier molecular flexibility index (Phi) is 11.7. The second-order valence-corrected chi connectivity index (χ2v) is 14.4. The van der Waals surface area contributed by atoms with Crippen molar-refractivity contribution in [3.05, 3.63) is 0 Å². The monoisotopic (exact) mass is 665 g/mol. The van der Waals surface area contributed by atoms with Crippen LogP contribution in [-0.2, 0) is 28.7 Å². The number of Topliss-reactive ketones (excluding diaryl/α,β-unsaturated/α-hetero) is 1. The number of hydrogen-bond donors (Lipinski definition) is 3. The largest absolute Gasteiger partial charge is 0.380 e. The normalized spacial score (nSPS) is 36.9. The van der Waals surface area contributed by atoms with Crippen molar-refractivity contribution in [2.75, 3.05) is 66.6 Å². The topological polar surface area (TPSA) is 154 Å². The van der Waals surface area contributed by atoms with Crippen LogP contribution in [0, 0.1) is 11.8 Å². The van der Waals surface area contributed by atoms with Crippen LogP contribution in [0.5, 0.6) is 0 Å².